The van der Waals surface area contributed by atoms with Crippen LogP contribution in [0.5, 0.6) is 0 Å². The zero-order valence-corrected chi connectivity index (χ0v) is 32.5. The molecule has 11 nitrogen and oxygen atoms in total. The molecule has 1 aliphatic rings. The molecule has 0 saturated carbocycles. The van der Waals surface area contributed by atoms with Crippen molar-refractivity contribution >= 4 is 19.9 Å². The van der Waals surface area contributed by atoms with E-state index in [1.54, 1.807) is 16.6 Å². The van der Waals surface area contributed by atoms with Crippen LogP contribution in [0.1, 0.15) is 145 Å². The van der Waals surface area contributed by atoms with Gasteiger partial charge in [-0.15, -0.1) is 0 Å². The van der Waals surface area contributed by atoms with Gasteiger partial charge >= 0.3 is 8.60 Å². The molecule has 3 heterocycles. The Kier molecular flexibility index (Phi) is 20.6. The maximum Gasteiger partial charge on any atom is 0.330 e. The van der Waals surface area contributed by atoms with E-state index in [1.807, 2.05) is 18.2 Å². The third-order valence-electron chi connectivity index (χ3n) is 9.79. The van der Waals surface area contributed by atoms with Gasteiger partial charge in [0.05, 0.1) is 49.9 Å². The summed E-state index contributed by atoms with van der Waals surface area (Å²) in [4.78, 5) is 14.6. The van der Waals surface area contributed by atoms with Crippen molar-refractivity contribution in [1.82, 2.24) is 14.6 Å². The maximum atomic E-state index is 14.5. The molecular weight excluding hydrogens is 696 g/mol. The number of aromatic nitrogens is 3. The lowest BCUT2D eigenvalue weighted by Crippen LogP contribution is -2.26. The molecule has 1 aromatic carbocycles. The Morgan fingerprint density at radius 2 is 1.62 bits per heavy atom. The van der Waals surface area contributed by atoms with Crippen LogP contribution in [0.4, 0.5) is 10.2 Å². The third kappa shape index (κ3) is 15.9. The van der Waals surface area contributed by atoms with Gasteiger partial charge in [0.2, 0.25) is 0 Å². The molecule has 3 aromatic rings. The van der Waals surface area contributed by atoms with Crippen LogP contribution in [0.2, 0.25) is 0 Å². The fourth-order valence-corrected chi connectivity index (χ4v) is 7.31. The van der Waals surface area contributed by atoms with E-state index in [2.05, 4.69) is 17.0 Å². The van der Waals surface area contributed by atoms with Crippen molar-refractivity contribution in [2.45, 2.75) is 147 Å². The highest BCUT2D eigenvalue weighted by atomic mass is 31.2. The van der Waals surface area contributed by atoms with Crippen molar-refractivity contribution < 1.29 is 32.5 Å². The standard InChI is InChI=1S/C40H61FN5O6P/c1-2-3-4-5-6-7-8-9-10-11-12-13-14-15-16-17-24-48-28-35(49-27-33-19-18-32(26-42)25-36(33)41)30-51-53(47)50-29-34-20-23-39(52-34)37-21-22-38-40(43)44-31-45-46(37)38/h18-19,21-22,25,31,34-35,39,47H,2-17,20,23-24,27-30H2,1H3,(H2,43,44,45). The number of nitriles is 1. The van der Waals surface area contributed by atoms with E-state index in [-0.39, 0.29) is 44.2 Å². The molecule has 4 atom stereocenters. The number of unbranched alkanes of at least 4 members (excludes halogenated alkanes) is 15. The number of anilines is 1. The SMILES string of the molecule is CCCCCCCCCCCCCCCCCCOCC(COP(O)OCC1CCC(c2ccc3c(N)ncnn23)O1)OCc1ccc(C#N)cc1F. The smallest absolute Gasteiger partial charge is 0.330 e. The van der Waals surface area contributed by atoms with Crippen molar-refractivity contribution in [2.75, 3.05) is 32.2 Å². The Balaban J connectivity index is 1.09. The third-order valence-corrected chi connectivity index (χ3v) is 10.5. The summed E-state index contributed by atoms with van der Waals surface area (Å²) >= 11 is 0. The first kappa shape index (κ1) is 43.0. The average Bonchev–Trinajstić information content (AvgIpc) is 3.82. The summed E-state index contributed by atoms with van der Waals surface area (Å²) in [6, 6.07) is 10.0. The number of hydrogen-bond donors (Lipinski definition) is 2. The molecule has 1 aliphatic heterocycles. The molecule has 3 N–H and O–H groups in total. The Labute approximate surface area is 316 Å². The Hall–Kier alpha value is -2.75. The second-order valence-corrected chi connectivity index (χ2v) is 15.1. The number of nitrogen functional groups attached to an aromatic ring is 1. The number of benzene rings is 1. The van der Waals surface area contributed by atoms with Gasteiger partial charge in [0.1, 0.15) is 29.9 Å². The zero-order valence-electron chi connectivity index (χ0n) is 31.6. The van der Waals surface area contributed by atoms with Gasteiger partial charge < -0.3 is 33.9 Å². The maximum absolute atomic E-state index is 14.5. The van der Waals surface area contributed by atoms with Crippen LogP contribution < -0.4 is 5.73 Å². The van der Waals surface area contributed by atoms with Crippen molar-refractivity contribution in [3.63, 3.8) is 0 Å². The Morgan fingerprint density at radius 3 is 2.28 bits per heavy atom. The summed E-state index contributed by atoms with van der Waals surface area (Å²) in [5.41, 5.74) is 8.15. The minimum absolute atomic E-state index is 0.00445. The van der Waals surface area contributed by atoms with Gasteiger partial charge in [-0.2, -0.15) is 10.4 Å². The highest BCUT2D eigenvalue weighted by Gasteiger charge is 2.30. The predicted octanol–water partition coefficient (Wildman–Crippen LogP) is 9.66. The fraction of sp³-hybridized carbons (Fsp3) is 0.675. The number of fused-ring (bicyclic) bond motifs is 1. The largest absolute Gasteiger partial charge is 0.382 e. The fourth-order valence-electron chi connectivity index (χ4n) is 6.65. The minimum Gasteiger partial charge on any atom is -0.382 e. The molecular formula is C40H61FN5O6P. The molecule has 0 aliphatic carbocycles. The van der Waals surface area contributed by atoms with Crippen molar-refractivity contribution in [2.24, 2.45) is 0 Å². The number of nitrogens with two attached hydrogens (primary N) is 1. The Morgan fingerprint density at radius 1 is 0.943 bits per heavy atom. The quantitative estimate of drug-likeness (QED) is 0.0518. The number of rotatable bonds is 29. The molecule has 0 spiro atoms. The molecule has 13 heteroatoms. The number of ether oxygens (including phenoxy) is 3. The van der Waals surface area contributed by atoms with Crippen molar-refractivity contribution in [3.8, 4) is 6.07 Å². The lowest BCUT2D eigenvalue weighted by Gasteiger charge is -2.21. The van der Waals surface area contributed by atoms with Gasteiger partial charge in [-0.1, -0.05) is 109 Å². The lowest BCUT2D eigenvalue weighted by molar-refractivity contribution is -0.0499. The highest BCUT2D eigenvalue weighted by Crippen LogP contribution is 2.38. The monoisotopic (exact) mass is 757 g/mol. The second kappa shape index (κ2) is 25.4. The summed E-state index contributed by atoms with van der Waals surface area (Å²) in [5.74, 6) is -0.105. The van der Waals surface area contributed by atoms with E-state index in [0.717, 1.165) is 36.9 Å². The molecule has 1 fully saturated rings. The molecule has 53 heavy (non-hydrogen) atoms. The first-order valence-electron chi connectivity index (χ1n) is 19.8. The van der Waals surface area contributed by atoms with Crippen LogP contribution in [0.15, 0.2) is 36.7 Å². The minimum atomic E-state index is -2.21. The van der Waals surface area contributed by atoms with E-state index in [9.17, 15) is 9.28 Å². The van der Waals surface area contributed by atoms with Gasteiger partial charge in [0, 0.05) is 12.2 Å². The van der Waals surface area contributed by atoms with Gasteiger partial charge in [-0.05, 0) is 43.5 Å². The summed E-state index contributed by atoms with van der Waals surface area (Å²) in [5, 5.41) is 13.4. The van der Waals surface area contributed by atoms with E-state index in [0.29, 0.717) is 18.0 Å². The second-order valence-electron chi connectivity index (χ2n) is 14.1. The summed E-state index contributed by atoms with van der Waals surface area (Å²) in [6.45, 7) is 3.23. The van der Waals surface area contributed by atoms with E-state index in [4.69, 9.17) is 34.3 Å². The van der Waals surface area contributed by atoms with Crippen LogP contribution in [0.3, 0.4) is 0 Å². The van der Waals surface area contributed by atoms with E-state index in [1.165, 1.54) is 102 Å². The van der Waals surface area contributed by atoms with Gasteiger partial charge in [-0.3, -0.25) is 0 Å². The first-order chi connectivity index (χ1) is 26.0. The number of hydrogen-bond acceptors (Lipinski definition) is 10. The first-order valence-corrected chi connectivity index (χ1v) is 21.0. The zero-order chi connectivity index (χ0) is 37.5. The van der Waals surface area contributed by atoms with E-state index >= 15 is 0 Å². The molecule has 0 bridgehead atoms. The van der Waals surface area contributed by atoms with Crippen LogP contribution in [-0.4, -0.2) is 58.1 Å². The normalized spacial score (nSPS) is 17.0. The molecule has 4 rings (SSSR count). The highest BCUT2D eigenvalue weighted by molar-refractivity contribution is 7.40. The molecule has 0 radical (unpaired) electrons. The lowest BCUT2D eigenvalue weighted by atomic mass is 10.0. The van der Waals surface area contributed by atoms with Crippen LogP contribution in [0.25, 0.3) is 5.52 Å². The Bertz CT molecular complexity index is 1490. The molecule has 0 amide bonds. The topological polar surface area (TPSA) is 146 Å². The average molecular weight is 758 g/mol. The summed E-state index contributed by atoms with van der Waals surface area (Å²) in [6.07, 6.45) is 22.9. The van der Waals surface area contributed by atoms with Crippen LogP contribution in [0, 0.1) is 17.1 Å². The van der Waals surface area contributed by atoms with Gasteiger partial charge in [0.15, 0.2) is 5.82 Å². The summed E-state index contributed by atoms with van der Waals surface area (Å²) in [7, 11) is -2.21. The van der Waals surface area contributed by atoms with Crippen molar-refractivity contribution in [1.29, 1.82) is 5.26 Å². The van der Waals surface area contributed by atoms with Crippen LogP contribution in [-0.2, 0) is 29.9 Å². The van der Waals surface area contributed by atoms with Crippen LogP contribution >= 0.6 is 8.60 Å². The number of nitrogens with zero attached hydrogens (tertiary/aromatic N) is 4. The molecule has 4 unspecified atom stereocenters. The molecule has 2 aromatic heterocycles. The number of halogens is 1. The molecule has 294 valence electrons. The van der Waals surface area contributed by atoms with Gasteiger partial charge in [0.25, 0.3) is 0 Å². The molecule has 1 saturated heterocycles. The predicted molar refractivity (Wildman–Crippen MR) is 205 cm³/mol. The van der Waals surface area contributed by atoms with Gasteiger partial charge in [-0.25, -0.2) is 13.9 Å². The van der Waals surface area contributed by atoms with Crippen molar-refractivity contribution in [3.05, 3.63) is 59.3 Å². The van der Waals surface area contributed by atoms with E-state index < -0.39 is 20.5 Å². The summed E-state index contributed by atoms with van der Waals surface area (Å²) < 4.78 is 45.6.